The SMILES string of the molecule is CN(C(=O)CSc1nnc(-c2cccs2)n1CCC(N)=O)c1ccc([N+](=O)[O-])cc1. The summed E-state index contributed by atoms with van der Waals surface area (Å²) in [6.45, 7) is 0.310. The number of primary amides is 1. The Morgan fingerprint density at radius 3 is 2.60 bits per heavy atom. The van der Waals surface area contributed by atoms with Gasteiger partial charge in [0.15, 0.2) is 11.0 Å². The molecule has 0 saturated heterocycles. The molecule has 30 heavy (non-hydrogen) atoms. The van der Waals surface area contributed by atoms with E-state index in [0.29, 0.717) is 23.2 Å². The number of nitro benzene ring substituents is 1. The maximum Gasteiger partial charge on any atom is 0.269 e. The molecule has 2 aromatic heterocycles. The molecule has 2 N–H and O–H groups in total. The van der Waals surface area contributed by atoms with Gasteiger partial charge in [-0.15, -0.1) is 21.5 Å². The molecule has 10 nitrogen and oxygen atoms in total. The van der Waals surface area contributed by atoms with Gasteiger partial charge in [-0.25, -0.2) is 0 Å². The lowest BCUT2D eigenvalue weighted by Crippen LogP contribution is -2.28. The summed E-state index contributed by atoms with van der Waals surface area (Å²) in [6, 6.07) is 9.52. The third-order valence-electron chi connectivity index (χ3n) is 4.19. The van der Waals surface area contributed by atoms with Crippen molar-refractivity contribution in [3.63, 3.8) is 0 Å². The number of benzene rings is 1. The van der Waals surface area contributed by atoms with Crippen molar-refractivity contribution in [3.8, 4) is 10.7 Å². The number of non-ortho nitro benzene ring substituents is 1. The van der Waals surface area contributed by atoms with Gasteiger partial charge in [0, 0.05) is 37.8 Å². The Kier molecular flexibility index (Phi) is 6.79. The summed E-state index contributed by atoms with van der Waals surface area (Å²) in [5, 5.41) is 21.6. The van der Waals surface area contributed by atoms with Crippen molar-refractivity contribution < 1.29 is 14.5 Å². The van der Waals surface area contributed by atoms with E-state index >= 15 is 0 Å². The summed E-state index contributed by atoms with van der Waals surface area (Å²) >= 11 is 2.69. The summed E-state index contributed by atoms with van der Waals surface area (Å²) in [5.41, 5.74) is 5.78. The van der Waals surface area contributed by atoms with Gasteiger partial charge < -0.3 is 15.2 Å². The number of nitrogens with zero attached hydrogens (tertiary/aromatic N) is 5. The van der Waals surface area contributed by atoms with Crippen LogP contribution in [0.15, 0.2) is 46.9 Å². The van der Waals surface area contributed by atoms with E-state index < -0.39 is 10.8 Å². The largest absolute Gasteiger partial charge is 0.370 e. The molecule has 2 heterocycles. The molecular formula is C18H18N6O4S2. The minimum atomic E-state index is -0.495. The number of thioether (sulfide) groups is 1. The zero-order chi connectivity index (χ0) is 21.7. The quantitative estimate of drug-likeness (QED) is 0.303. The lowest BCUT2D eigenvalue weighted by Gasteiger charge is -2.17. The molecule has 0 aliphatic rings. The Balaban J connectivity index is 1.71. The molecule has 0 saturated carbocycles. The van der Waals surface area contributed by atoms with Gasteiger partial charge in [-0.2, -0.15) is 0 Å². The molecular weight excluding hydrogens is 428 g/mol. The second-order valence-corrected chi connectivity index (χ2v) is 8.06. The maximum absolute atomic E-state index is 12.6. The zero-order valence-corrected chi connectivity index (χ0v) is 17.6. The Hall–Kier alpha value is -3.25. The summed E-state index contributed by atoms with van der Waals surface area (Å²) in [6.07, 6.45) is 0.126. The number of anilines is 1. The molecule has 0 unspecified atom stereocenters. The molecule has 1 aromatic carbocycles. The molecule has 3 rings (SSSR count). The summed E-state index contributed by atoms with van der Waals surface area (Å²) in [4.78, 5) is 36.4. The highest BCUT2D eigenvalue weighted by Crippen LogP contribution is 2.28. The first kappa shape index (κ1) is 21.5. The van der Waals surface area contributed by atoms with Gasteiger partial charge in [0.2, 0.25) is 11.8 Å². The van der Waals surface area contributed by atoms with Crippen molar-refractivity contribution in [2.24, 2.45) is 5.73 Å². The molecule has 0 fully saturated rings. The average molecular weight is 447 g/mol. The number of rotatable bonds is 9. The van der Waals surface area contributed by atoms with Gasteiger partial charge >= 0.3 is 0 Å². The van der Waals surface area contributed by atoms with E-state index in [2.05, 4.69) is 10.2 Å². The molecule has 2 amide bonds. The van der Waals surface area contributed by atoms with E-state index in [-0.39, 0.29) is 23.8 Å². The first-order chi connectivity index (χ1) is 14.4. The van der Waals surface area contributed by atoms with Crippen molar-refractivity contribution in [1.29, 1.82) is 0 Å². The van der Waals surface area contributed by atoms with Crippen molar-refractivity contribution in [1.82, 2.24) is 14.8 Å². The normalized spacial score (nSPS) is 10.7. The number of aromatic nitrogens is 3. The number of hydrogen-bond donors (Lipinski definition) is 1. The van der Waals surface area contributed by atoms with Crippen LogP contribution in [0.2, 0.25) is 0 Å². The van der Waals surface area contributed by atoms with E-state index in [1.807, 2.05) is 17.5 Å². The van der Waals surface area contributed by atoms with Crippen LogP contribution in [-0.2, 0) is 16.1 Å². The fourth-order valence-corrected chi connectivity index (χ4v) is 4.17. The number of hydrogen-bond acceptors (Lipinski definition) is 8. The van der Waals surface area contributed by atoms with E-state index in [1.165, 1.54) is 52.3 Å². The van der Waals surface area contributed by atoms with Gasteiger partial charge in [0.05, 0.1) is 15.6 Å². The summed E-state index contributed by atoms with van der Waals surface area (Å²) in [5.74, 6) is 0.0405. The van der Waals surface area contributed by atoms with Crippen LogP contribution >= 0.6 is 23.1 Å². The third kappa shape index (κ3) is 5.02. The van der Waals surface area contributed by atoms with Crippen LogP contribution in [0.25, 0.3) is 10.7 Å². The molecule has 0 spiro atoms. The minimum absolute atomic E-state index is 0.0439. The maximum atomic E-state index is 12.6. The van der Waals surface area contributed by atoms with Crippen molar-refractivity contribution in [2.75, 3.05) is 17.7 Å². The molecule has 0 aliphatic heterocycles. The molecule has 0 bridgehead atoms. The fourth-order valence-electron chi connectivity index (χ4n) is 2.57. The second-order valence-electron chi connectivity index (χ2n) is 6.17. The lowest BCUT2D eigenvalue weighted by atomic mass is 10.2. The van der Waals surface area contributed by atoms with Crippen LogP contribution in [-0.4, -0.2) is 44.3 Å². The smallest absolute Gasteiger partial charge is 0.269 e. The van der Waals surface area contributed by atoms with Crippen LogP contribution in [0.4, 0.5) is 11.4 Å². The molecule has 156 valence electrons. The van der Waals surface area contributed by atoms with Crippen LogP contribution in [0.5, 0.6) is 0 Å². The highest BCUT2D eigenvalue weighted by Gasteiger charge is 2.19. The summed E-state index contributed by atoms with van der Waals surface area (Å²) < 4.78 is 1.78. The number of carbonyl (C=O) groups excluding carboxylic acids is 2. The van der Waals surface area contributed by atoms with Crippen LogP contribution in [0, 0.1) is 10.1 Å². The standard InChI is InChI=1S/C18H18N6O4S2/c1-22(12-4-6-13(7-5-12)24(27)28)16(26)11-30-18-21-20-17(14-3-2-10-29-14)23(18)9-8-15(19)25/h2-7,10H,8-9,11H2,1H3,(H2,19,25). The van der Waals surface area contributed by atoms with Gasteiger partial charge in [0.25, 0.3) is 5.69 Å². The highest BCUT2D eigenvalue weighted by molar-refractivity contribution is 7.99. The summed E-state index contributed by atoms with van der Waals surface area (Å²) in [7, 11) is 1.60. The number of nitro groups is 1. The number of nitrogens with two attached hydrogens (primary N) is 1. The lowest BCUT2D eigenvalue weighted by molar-refractivity contribution is -0.384. The Bertz CT molecular complexity index is 1050. The Morgan fingerprint density at radius 2 is 2.00 bits per heavy atom. The minimum Gasteiger partial charge on any atom is -0.370 e. The van der Waals surface area contributed by atoms with Gasteiger partial charge in [-0.05, 0) is 23.6 Å². The zero-order valence-electron chi connectivity index (χ0n) is 15.9. The Morgan fingerprint density at radius 1 is 1.27 bits per heavy atom. The van der Waals surface area contributed by atoms with Crippen molar-refractivity contribution >= 4 is 46.3 Å². The second kappa shape index (κ2) is 9.50. The number of carbonyl (C=O) groups is 2. The monoisotopic (exact) mass is 446 g/mol. The molecule has 12 heteroatoms. The predicted octanol–water partition coefficient (Wildman–Crippen LogP) is 2.55. The van der Waals surface area contributed by atoms with Crippen LogP contribution < -0.4 is 10.6 Å². The predicted molar refractivity (Wildman–Crippen MR) is 114 cm³/mol. The molecule has 0 aliphatic carbocycles. The van der Waals surface area contributed by atoms with Crippen LogP contribution in [0.3, 0.4) is 0 Å². The van der Waals surface area contributed by atoms with Crippen molar-refractivity contribution in [3.05, 3.63) is 51.9 Å². The molecule has 3 aromatic rings. The molecule has 0 radical (unpaired) electrons. The number of amides is 2. The highest BCUT2D eigenvalue weighted by atomic mass is 32.2. The fraction of sp³-hybridized carbons (Fsp3) is 0.222. The Labute approximate surface area is 179 Å². The van der Waals surface area contributed by atoms with E-state index in [0.717, 1.165) is 4.88 Å². The van der Waals surface area contributed by atoms with E-state index in [1.54, 1.807) is 11.6 Å². The third-order valence-corrected chi connectivity index (χ3v) is 6.00. The van der Waals surface area contributed by atoms with Gasteiger partial charge in [0.1, 0.15) is 0 Å². The van der Waals surface area contributed by atoms with E-state index in [9.17, 15) is 19.7 Å². The van der Waals surface area contributed by atoms with Gasteiger partial charge in [-0.1, -0.05) is 17.8 Å². The van der Waals surface area contributed by atoms with E-state index in [4.69, 9.17) is 5.73 Å². The average Bonchev–Trinajstić information content (AvgIpc) is 3.39. The first-order valence-corrected chi connectivity index (χ1v) is 10.6. The van der Waals surface area contributed by atoms with Crippen molar-refractivity contribution in [2.45, 2.75) is 18.1 Å². The van der Waals surface area contributed by atoms with Gasteiger partial charge in [-0.3, -0.25) is 19.7 Å². The topological polar surface area (TPSA) is 137 Å². The van der Waals surface area contributed by atoms with Crippen LogP contribution in [0.1, 0.15) is 6.42 Å². The number of thiophene rings is 1. The first-order valence-electron chi connectivity index (χ1n) is 8.76. The molecule has 0 atom stereocenters.